The van der Waals surface area contributed by atoms with Crippen LogP contribution in [0.15, 0.2) is 47.5 Å². The van der Waals surface area contributed by atoms with E-state index in [4.69, 9.17) is 5.73 Å². The average molecular weight is 335 g/mol. The molecule has 0 fully saturated rings. The molecule has 4 nitrogen and oxygen atoms in total. The largest absolute Gasteiger partial charge is 0.383 e. The van der Waals surface area contributed by atoms with Gasteiger partial charge < -0.3 is 10.6 Å². The Morgan fingerprint density at radius 1 is 1.24 bits per heavy atom. The van der Waals surface area contributed by atoms with E-state index < -0.39 is 0 Å². The molecule has 0 aliphatic carbocycles. The first kappa shape index (κ1) is 17.2. The smallest absolute Gasteiger partial charge is 0.227 e. The fraction of sp³-hybridized carbons (Fsp3) is 0.333. The first-order chi connectivity index (χ1) is 12.0. The van der Waals surface area contributed by atoms with Crippen LogP contribution in [0, 0.1) is 6.92 Å². The van der Waals surface area contributed by atoms with Crippen molar-refractivity contribution in [2.45, 2.75) is 39.8 Å². The summed E-state index contributed by atoms with van der Waals surface area (Å²) in [5.74, 6) is 0.744. The van der Waals surface area contributed by atoms with Gasteiger partial charge in [-0.2, -0.15) is 0 Å². The Morgan fingerprint density at radius 2 is 1.96 bits per heavy atom. The molecule has 25 heavy (non-hydrogen) atoms. The molecule has 0 radical (unpaired) electrons. The third-order valence-corrected chi connectivity index (χ3v) is 4.90. The summed E-state index contributed by atoms with van der Waals surface area (Å²) in [7, 11) is 0. The van der Waals surface area contributed by atoms with Gasteiger partial charge in [0.1, 0.15) is 5.84 Å². The summed E-state index contributed by atoms with van der Waals surface area (Å²) in [6, 6.07) is 14.4. The quantitative estimate of drug-likeness (QED) is 0.688. The van der Waals surface area contributed by atoms with E-state index in [1.807, 2.05) is 36.9 Å². The number of carbonyl (C=O) groups is 1. The molecule has 1 aliphatic rings. The Kier molecular flexibility index (Phi) is 4.88. The first-order valence-electron chi connectivity index (χ1n) is 8.78. The van der Waals surface area contributed by atoms with Crippen LogP contribution in [0.5, 0.6) is 0 Å². The third kappa shape index (κ3) is 3.43. The maximum absolute atomic E-state index is 12.7. The molecule has 130 valence electrons. The van der Waals surface area contributed by atoms with Gasteiger partial charge in [-0.05, 0) is 49.1 Å². The summed E-state index contributed by atoms with van der Waals surface area (Å²) in [5.41, 5.74) is 11.6. The summed E-state index contributed by atoms with van der Waals surface area (Å²) in [5, 5.41) is 0. The van der Waals surface area contributed by atoms with Crippen LogP contribution in [0.4, 0.5) is 0 Å². The molecule has 2 aromatic rings. The molecule has 1 aliphatic heterocycles. The van der Waals surface area contributed by atoms with Crippen molar-refractivity contribution < 1.29 is 4.79 Å². The summed E-state index contributed by atoms with van der Waals surface area (Å²) >= 11 is 0. The van der Waals surface area contributed by atoms with Crippen LogP contribution in [-0.2, 0) is 17.8 Å². The maximum Gasteiger partial charge on any atom is 0.227 e. The molecule has 0 unspecified atom stereocenters. The van der Waals surface area contributed by atoms with Crippen LogP contribution in [0.2, 0.25) is 0 Å². The predicted molar refractivity (Wildman–Crippen MR) is 102 cm³/mol. The molecule has 2 N–H and O–H groups in total. The highest BCUT2D eigenvalue weighted by Crippen LogP contribution is 2.30. The summed E-state index contributed by atoms with van der Waals surface area (Å²) in [6.45, 7) is 7.36. The molecular formula is C21H25N3O. The van der Waals surface area contributed by atoms with Crippen molar-refractivity contribution >= 4 is 11.7 Å². The van der Waals surface area contributed by atoms with Gasteiger partial charge in [-0.15, -0.1) is 0 Å². The number of carbonyl (C=O) groups excluding carboxylic acids is 1. The lowest BCUT2D eigenvalue weighted by Crippen LogP contribution is -2.38. The van der Waals surface area contributed by atoms with Crippen molar-refractivity contribution in [3.05, 3.63) is 70.3 Å². The Morgan fingerprint density at radius 3 is 2.64 bits per heavy atom. The third-order valence-electron chi connectivity index (χ3n) is 4.90. The number of aryl methyl sites for hydroxylation is 1. The van der Waals surface area contributed by atoms with Gasteiger partial charge in [-0.25, -0.2) is 0 Å². The van der Waals surface area contributed by atoms with Gasteiger partial charge in [0.2, 0.25) is 5.91 Å². The van der Waals surface area contributed by atoms with Gasteiger partial charge in [-0.1, -0.05) is 36.4 Å². The number of rotatable bonds is 4. The van der Waals surface area contributed by atoms with E-state index >= 15 is 0 Å². The lowest BCUT2D eigenvalue weighted by Gasteiger charge is -2.34. The molecule has 1 amide bonds. The van der Waals surface area contributed by atoms with E-state index in [1.165, 1.54) is 0 Å². The van der Waals surface area contributed by atoms with E-state index in [1.54, 1.807) is 0 Å². The van der Waals surface area contributed by atoms with Crippen LogP contribution in [0.1, 0.15) is 47.7 Å². The number of nitrogens with zero attached hydrogens (tertiary/aromatic N) is 2. The number of fused-ring (bicyclic) bond motifs is 1. The zero-order valence-corrected chi connectivity index (χ0v) is 15.1. The summed E-state index contributed by atoms with van der Waals surface area (Å²) in [6.07, 6.45) is 0.443. The van der Waals surface area contributed by atoms with E-state index in [0.717, 1.165) is 27.8 Å². The molecule has 3 rings (SSSR count). The number of benzene rings is 2. The maximum atomic E-state index is 12.7. The molecule has 1 heterocycles. The zero-order valence-electron chi connectivity index (χ0n) is 15.1. The molecule has 2 aromatic carbocycles. The molecule has 0 saturated carbocycles. The number of amides is 1. The second kappa shape index (κ2) is 7.09. The topological polar surface area (TPSA) is 58.7 Å². The minimum absolute atomic E-state index is 0.0493. The van der Waals surface area contributed by atoms with Crippen LogP contribution >= 0.6 is 0 Å². The monoisotopic (exact) mass is 335 g/mol. The normalized spacial score (nSPS) is 15.9. The Balaban J connectivity index is 1.94. The molecule has 0 spiro atoms. The number of nitrogens with two attached hydrogens (primary N) is 1. The van der Waals surface area contributed by atoms with Crippen LogP contribution < -0.4 is 5.73 Å². The summed E-state index contributed by atoms with van der Waals surface area (Å²) < 4.78 is 0. The highest BCUT2D eigenvalue weighted by atomic mass is 16.2. The average Bonchev–Trinajstić information content (AvgIpc) is 2.61. The number of aliphatic imine (C=N–C) groups is 1. The van der Waals surface area contributed by atoms with Crippen molar-refractivity contribution in [2.75, 3.05) is 6.54 Å². The molecule has 0 aromatic heterocycles. The van der Waals surface area contributed by atoms with Gasteiger partial charge in [0, 0.05) is 18.7 Å². The highest BCUT2D eigenvalue weighted by molar-refractivity contribution is 5.99. The SMILES string of the molecule is CCN=C(N)c1cc2c(cc1C)CC(=O)N([C@H](C)c1ccccc1)C2. The van der Waals surface area contributed by atoms with Crippen molar-refractivity contribution in [1.82, 2.24) is 4.90 Å². The van der Waals surface area contributed by atoms with Gasteiger partial charge in [-0.3, -0.25) is 9.79 Å². The van der Waals surface area contributed by atoms with Gasteiger partial charge in [0.05, 0.1) is 12.5 Å². The fourth-order valence-corrected chi connectivity index (χ4v) is 3.46. The van der Waals surface area contributed by atoms with Crippen LogP contribution in [0.25, 0.3) is 0 Å². The van der Waals surface area contributed by atoms with Crippen molar-refractivity contribution in [1.29, 1.82) is 0 Å². The standard InChI is InChI=1S/C21H25N3O/c1-4-23-21(22)19-11-18-13-24(15(3)16-8-6-5-7-9-16)20(25)12-17(18)10-14(19)2/h5-11,15H,4,12-13H2,1-3H3,(H2,22,23)/t15-/m1/s1. The fourth-order valence-electron chi connectivity index (χ4n) is 3.46. The molecule has 4 heteroatoms. The predicted octanol–water partition coefficient (Wildman–Crippen LogP) is 3.37. The highest BCUT2D eigenvalue weighted by Gasteiger charge is 2.28. The van der Waals surface area contributed by atoms with E-state index in [2.05, 4.69) is 36.2 Å². The lowest BCUT2D eigenvalue weighted by atomic mass is 9.92. The van der Waals surface area contributed by atoms with Gasteiger partial charge in [0.15, 0.2) is 0 Å². The Hall–Kier alpha value is -2.62. The van der Waals surface area contributed by atoms with Crippen molar-refractivity contribution in [3.63, 3.8) is 0 Å². The minimum Gasteiger partial charge on any atom is -0.383 e. The number of hydrogen-bond acceptors (Lipinski definition) is 2. The van der Waals surface area contributed by atoms with E-state index in [0.29, 0.717) is 25.3 Å². The molecule has 1 atom stereocenters. The second-order valence-corrected chi connectivity index (χ2v) is 6.58. The molecule has 0 saturated heterocycles. The zero-order chi connectivity index (χ0) is 18.0. The van der Waals surface area contributed by atoms with E-state index in [-0.39, 0.29) is 11.9 Å². The van der Waals surface area contributed by atoms with Crippen molar-refractivity contribution in [2.24, 2.45) is 10.7 Å². The Bertz CT molecular complexity index is 811. The molecular weight excluding hydrogens is 310 g/mol. The minimum atomic E-state index is 0.0493. The second-order valence-electron chi connectivity index (χ2n) is 6.58. The number of amidine groups is 1. The number of hydrogen-bond donors (Lipinski definition) is 1. The van der Waals surface area contributed by atoms with Crippen molar-refractivity contribution in [3.8, 4) is 0 Å². The van der Waals surface area contributed by atoms with Gasteiger partial charge in [0.25, 0.3) is 0 Å². The molecule has 0 bridgehead atoms. The van der Waals surface area contributed by atoms with Gasteiger partial charge >= 0.3 is 0 Å². The lowest BCUT2D eigenvalue weighted by molar-refractivity contribution is -0.134. The first-order valence-corrected chi connectivity index (χ1v) is 8.78. The Labute approximate surface area is 149 Å². The van der Waals surface area contributed by atoms with E-state index in [9.17, 15) is 4.79 Å². The van der Waals surface area contributed by atoms with Crippen LogP contribution in [-0.4, -0.2) is 23.2 Å². The summed E-state index contributed by atoms with van der Waals surface area (Å²) in [4.78, 5) is 19.0. The van der Waals surface area contributed by atoms with Crippen LogP contribution in [0.3, 0.4) is 0 Å².